The maximum Gasteiger partial charge on any atom is 0.0497 e. The predicted octanol–water partition coefficient (Wildman–Crippen LogP) is 5.39. The summed E-state index contributed by atoms with van der Waals surface area (Å²) in [4.78, 5) is 5.01. The molecule has 0 bridgehead atoms. The van der Waals surface area contributed by atoms with Crippen LogP contribution >= 0.6 is 23.4 Å². The Morgan fingerprint density at radius 2 is 1.78 bits per heavy atom. The Balaban J connectivity index is 1.61. The number of piperidine rings is 1. The van der Waals surface area contributed by atoms with Crippen LogP contribution in [0, 0.1) is 0 Å². The highest BCUT2D eigenvalue weighted by atomic mass is 35.5. The second kappa shape index (κ2) is 8.62. The van der Waals surface area contributed by atoms with E-state index in [1.165, 1.54) is 42.1 Å². The van der Waals surface area contributed by atoms with Crippen LogP contribution in [0.15, 0.2) is 58.3 Å². The van der Waals surface area contributed by atoms with Gasteiger partial charge in [0.05, 0.1) is 0 Å². The van der Waals surface area contributed by atoms with Crippen LogP contribution in [0.25, 0.3) is 0 Å². The fourth-order valence-corrected chi connectivity index (χ4v) is 3.97. The number of rotatable bonds is 6. The first kappa shape index (κ1) is 16.7. The highest BCUT2D eigenvalue weighted by Gasteiger charge is 2.10. The Morgan fingerprint density at radius 3 is 2.57 bits per heavy atom. The monoisotopic (exact) mass is 346 g/mol. The van der Waals surface area contributed by atoms with Crippen molar-refractivity contribution in [1.29, 1.82) is 0 Å². The lowest BCUT2D eigenvalue weighted by atomic mass is 10.1. The molecule has 0 radical (unpaired) electrons. The van der Waals surface area contributed by atoms with Gasteiger partial charge in [-0.15, -0.1) is 0 Å². The summed E-state index contributed by atoms with van der Waals surface area (Å²) in [5, 5.41) is 4.36. The molecule has 1 heterocycles. The molecular formula is C19H23ClN2S. The van der Waals surface area contributed by atoms with Crippen molar-refractivity contribution in [2.45, 2.75) is 29.1 Å². The van der Waals surface area contributed by atoms with Gasteiger partial charge in [0.2, 0.25) is 0 Å². The van der Waals surface area contributed by atoms with Crippen molar-refractivity contribution in [1.82, 2.24) is 4.90 Å². The van der Waals surface area contributed by atoms with E-state index in [0.717, 1.165) is 23.8 Å². The summed E-state index contributed by atoms with van der Waals surface area (Å²) in [6, 6.07) is 16.6. The summed E-state index contributed by atoms with van der Waals surface area (Å²) in [5.74, 6) is 0. The van der Waals surface area contributed by atoms with E-state index in [4.69, 9.17) is 11.6 Å². The molecule has 4 heteroatoms. The summed E-state index contributed by atoms with van der Waals surface area (Å²) < 4.78 is 0. The van der Waals surface area contributed by atoms with Gasteiger partial charge in [-0.1, -0.05) is 48.0 Å². The predicted molar refractivity (Wildman–Crippen MR) is 101 cm³/mol. The molecule has 23 heavy (non-hydrogen) atoms. The van der Waals surface area contributed by atoms with Crippen LogP contribution in [0.3, 0.4) is 0 Å². The van der Waals surface area contributed by atoms with Crippen molar-refractivity contribution in [2.24, 2.45) is 0 Å². The molecule has 0 aromatic heterocycles. The molecule has 1 aliphatic heterocycles. The van der Waals surface area contributed by atoms with E-state index in [2.05, 4.69) is 40.5 Å². The summed E-state index contributed by atoms with van der Waals surface area (Å²) in [7, 11) is 0. The summed E-state index contributed by atoms with van der Waals surface area (Å²) in [6.07, 6.45) is 4.06. The molecule has 1 N–H and O–H groups in total. The number of anilines is 1. The topological polar surface area (TPSA) is 15.3 Å². The number of hydrogen-bond donors (Lipinski definition) is 1. The largest absolute Gasteiger partial charge is 0.383 e. The number of benzene rings is 2. The highest BCUT2D eigenvalue weighted by Crippen LogP contribution is 2.34. The minimum atomic E-state index is 0.780. The molecule has 122 valence electrons. The van der Waals surface area contributed by atoms with E-state index in [1.807, 2.05) is 18.2 Å². The van der Waals surface area contributed by atoms with Crippen LogP contribution in [0.4, 0.5) is 5.69 Å². The van der Waals surface area contributed by atoms with Crippen LogP contribution < -0.4 is 5.32 Å². The van der Waals surface area contributed by atoms with Gasteiger partial charge >= 0.3 is 0 Å². The first-order chi connectivity index (χ1) is 11.3. The van der Waals surface area contributed by atoms with Crippen LogP contribution in [-0.2, 0) is 0 Å². The molecule has 3 rings (SSSR count). The third-order valence-electron chi connectivity index (χ3n) is 4.10. The van der Waals surface area contributed by atoms with Gasteiger partial charge in [0.25, 0.3) is 0 Å². The number of hydrogen-bond acceptors (Lipinski definition) is 3. The Kier molecular flexibility index (Phi) is 6.26. The molecule has 2 aromatic rings. The van der Waals surface area contributed by atoms with Crippen molar-refractivity contribution in [3.63, 3.8) is 0 Å². The summed E-state index contributed by atoms with van der Waals surface area (Å²) >= 11 is 7.96. The molecule has 0 aliphatic carbocycles. The highest BCUT2D eigenvalue weighted by molar-refractivity contribution is 7.99. The van der Waals surface area contributed by atoms with Crippen molar-refractivity contribution in [2.75, 3.05) is 31.5 Å². The molecule has 1 aliphatic rings. The number of nitrogens with one attached hydrogen (secondary N) is 1. The minimum absolute atomic E-state index is 0.780. The van der Waals surface area contributed by atoms with E-state index in [9.17, 15) is 0 Å². The maximum atomic E-state index is 6.19. The molecule has 1 saturated heterocycles. The molecule has 2 nitrogen and oxygen atoms in total. The van der Waals surface area contributed by atoms with E-state index < -0.39 is 0 Å². The van der Waals surface area contributed by atoms with Gasteiger partial charge in [-0.05, 0) is 56.3 Å². The SMILES string of the molecule is Clc1ccc(Sc2ccccc2)c(NCCN2CCCCC2)c1. The lowest BCUT2D eigenvalue weighted by Gasteiger charge is -2.26. The molecular weight excluding hydrogens is 324 g/mol. The molecule has 1 fully saturated rings. The molecule has 0 atom stereocenters. The second-order valence-electron chi connectivity index (χ2n) is 5.88. The van der Waals surface area contributed by atoms with Gasteiger partial charge in [0, 0.05) is 33.6 Å². The second-order valence-corrected chi connectivity index (χ2v) is 7.44. The van der Waals surface area contributed by atoms with Crippen LogP contribution in [-0.4, -0.2) is 31.1 Å². The van der Waals surface area contributed by atoms with E-state index in [1.54, 1.807) is 11.8 Å². The van der Waals surface area contributed by atoms with E-state index >= 15 is 0 Å². The van der Waals surface area contributed by atoms with Gasteiger partial charge in [0.1, 0.15) is 0 Å². The summed E-state index contributed by atoms with van der Waals surface area (Å²) in [5.41, 5.74) is 1.13. The van der Waals surface area contributed by atoms with Crippen molar-refractivity contribution in [3.8, 4) is 0 Å². The van der Waals surface area contributed by atoms with Crippen molar-refractivity contribution >= 4 is 29.1 Å². The summed E-state index contributed by atoms with van der Waals surface area (Å²) in [6.45, 7) is 4.54. The van der Waals surface area contributed by atoms with Gasteiger partial charge in [-0.25, -0.2) is 0 Å². The maximum absolute atomic E-state index is 6.19. The number of halogens is 1. The average Bonchev–Trinajstić information content (AvgIpc) is 2.59. The van der Waals surface area contributed by atoms with E-state index in [0.29, 0.717) is 0 Å². The van der Waals surface area contributed by atoms with Crippen molar-refractivity contribution < 1.29 is 0 Å². The zero-order valence-corrected chi connectivity index (χ0v) is 14.9. The van der Waals surface area contributed by atoms with Crippen molar-refractivity contribution in [3.05, 3.63) is 53.6 Å². The minimum Gasteiger partial charge on any atom is -0.383 e. The van der Waals surface area contributed by atoms with Gasteiger partial charge in [-0.3, -0.25) is 0 Å². The van der Waals surface area contributed by atoms with Crippen LogP contribution in [0.1, 0.15) is 19.3 Å². The molecule has 0 amide bonds. The molecule has 2 aromatic carbocycles. The number of nitrogens with zero attached hydrogens (tertiary/aromatic N) is 1. The lowest BCUT2D eigenvalue weighted by molar-refractivity contribution is 0.237. The normalized spacial score (nSPS) is 15.5. The Hall–Kier alpha value is -1.16. The lowest BCUT2D eigenvalue weighted by Crippen LogP contribution is -2.33. The van der Waals surface area contributed by atoms with E-state index in [-0.39, 0.29) is 0 Å². The molecule has 0 spiro atoms. The Morgan fingerprint density at radius 1 is 1.00 bits per heavy atom. The standard InChI is InChI=1S/C19H23ClN2S/c20-16-9-10-19(23-17-7-3-1-4-8-17)18(15-16)21-11-14-22-12-5-2-6-13-22/h1,3-4,7-10,15,21H,2,5-6,11-14H2. The average molecular weight is 347 g/mol. The zero-order chi connectivity index (χ0) is 15.9. The third-order valence-corrected chi connectivity index (χ3v) is 5.42. The zero-order valence-electron chi connectivity index (χ0n) is 13.3. The first-order valence-electron chi connectivity index (χ1n) is 8.30. The van der Waals surface area contributed by atoms with Crippen LogP contribution in [0.5, 0.6) is 0 Å². The fourth-order valence-electron chi connectivity index (χ4n) is 2.88. The quantitative estimate of drug-likeness (QED) is 0.755. The first-order valence-corrected chi connectivity index (χ1v) is 9.49. The fraction of sp³-hybridized carbons (Fsp3) is 0.368. The smallest absolute Gasteiger partial charge is 0.0497 e. The Bertz CT molecular complexity index is 612. The molecule has 0 unspecified atom stereocenters. The number of likely N-dealkylation sites (tertiary alicyclic amines) is 1. The van der Waals surface area contributed by atoms with Gasteiger partial charge in [0.15, 0.2) is 0 Å². The van der Waals surface area contributed by atoms with Gasteiger partial charge < -0.3 is 10.2 Å². The van der Waals surface area contributed by atoms with Crippen LogP contribution in [0.2, 0.25) is 5.02 Å². The third kappa shape index (κ3) is 5.17. The molecule has 0 saturated carbocycles. The Labute approximate surface area is 148 Å². The van der Waals surface area contributed by atoms with Gasteiger partial charge in [-0.2, -0.15) is 0 Å².